The van der Waals surface area contributed by atoms with Crippen molar-refractivity contribution < 1.29 is 13.2 Å². The van der Waals surface area contributed by atoms with Crippen LogP contribution in [0.3, 0.4) is 0 Å². The second-order valence-corrected chi connectivity index (χ2v) is 9.03. The fourth-order valence-corrected chi connectivity index (χ4v) is 4.26. The van der Waals surface area contributed by atoms with Crippen LogP contribution in [0.4, 0.5) is 5.13 Å². The fraction of sp³-hybridized carbons (Fsp3) is 0.118. The summed E-state index contributed by atoms with van der Waals surface area (Å²) in [5, 5.41) is 4.87. The van der Waals surface area contributed by atoms with Gasteiger partial charge in [0.25, 0.3) is 5.91 Å². The molecule has 0 saturated carbocycles. The third-order valence-electron chi connectivity index (χ3n) is 3.60. The lowest BCUT2D eigenvalue weighted by Crippen LogP contribution is -2.23. The van der Waals surface area contributed by atoms with Crippen molar-refractivity contribution in [1.82, 2.24) is 14.3 Å². The summed E-state index contributed by atoms with van der Waals surface area (Å²) in [6.07, 6.45) is 1.66. The molecule has 2 aromatic heterocycles. The monoisotopic (exact) mass is 422 g/mol. The van der Waals surface area contributed by atoms with Gasteiger partial charge < -0.3 is 0 Å². The van der Waals surface area contributed by atoms with Crippen molar-refractivity contribution in [2.24, 2.45) is 0 Å². The van der Waals surface area contributed by atoms with Crippen molar-refractivity contribution in [3.8, 4) is 11.4 Å². The first-order valence-electron chi connectivity index (χ1n) is 7.69. The van der Waals surface area contributed by atoms with Crippen LogP contribution in [-0.2, 0) is 10.0 Å². The second kappa shape index (κ2) is 7.73. The van der Waals surface area contributed by atoms with Gasteiger partial charge in [0.2, 0.25) is 10.0 Å². The molecule has 0 aliphatic carbocycles. The number of carbonyl (C=O) groups excluding carboxylic acids is 1. The Balaban J connectivity index is 1.84. The molecule has 0 atom stereocenters. The zero-order valence-electron chi connectivity index (χ0n) is 14.4. The maximum atomic E-state index is 12.5. The lowest BCUT2D eigenvalue weighted by atomic mass is 10.2. The molecule has 0 unspecified atom stereocenters. The third-order valence-corrected chi connectivity index (χ3v) is 6.66. The van der Waals surface area contributed by atoms with E-state index in [-0.39, 0.29) is 15.5 Å². The van der Waals surface area contributed by atoms with Crippen LogP contribution in [0.15, 0.2) is 52.9 Å². The highest BCUT2D eigenvalue weighted by molar-refractivity contribution is 7.89. The van der Waals surface area contributed by atoms with Gasteiger partial charge in [-0.2, -0.15) is 0 Å². The van der Waals surface area contributed by atoms with Gasteiger partial charge in [0, 0.05) is 31.2 Å². The maximum absolute atomic E-state index is 12.5. The summed E-state index contributed by atoms with van der Waals surface area (Å²) in [6, 6.07) is 9.56. The summed E-state index contributed by atoms with van der Waals surface area (Å²) in [7, 11) is -0.976. The first-order valence-corrected chi connectivity index (χ1v) is 10.4. The number of rotatable bonds is 5. The molecule has 1 amide bonds. The summed E-state index contributed by atoms with van der Waals surface area (Å²) < 4.78 is 25.7. The Hall–Kier alpha value is -2.33. The Morgan fingerprint density at radius 3 is 2.63 bits per heavy atom. The summed E-state index contributed by atoms with van der Waals surface area (Å²) in [5.41, 5.74) is 1.50. The van der Waals surface area contributed by atoms with Crippen LogP contribution < -0.4 is 5.32 Å². The Morgan fingerprint density at radius 1 is 1.19 bits per heavy atom. The number of amides is 1. The molecule has 2 heterocycles. The molecule has 3 rings (SSSR count). The van der Waals surface area contributed by atoms with E-state index in [0.717, 1.165) is 4.31 Å². The molecule has 7 nitrogen and oxygen atoms in total. The SMILES string of the molecule is CN(C)S(=O)(=O)c1cc(C(=O)Nc2nc(-c3ccccn3)cs2)ccc1Cl. The normalized spacial score (nSPS) is 11.6. The van der Waals surface area contributed by atoms with Crippen LogP contribution in [0.2, 0.25) is 5.02 Å². The third kappa shape index (κ3) is 4.16. The lowest BCUT2D eigenvalue weighted by molar-refractivity contribution is 0.102. The number of nitrogens with zero attached hydrogens (tertiary/aromatic N) is 3. The smallest absolute Gasteiger partial charge is 0.257 e. The van der Waals surface area contributed by atoms with Gasteiger partial charge in [-0.15, -0.1) is 11.3 Å². The molecular formula is C17H15ClN4O3S2. The zero-order chi connectivity index (χ0) is 19.6. The van der Waals surface area contributed by atoms with E-state index >= 15 is 0 Å². The van der Waals surface area contributed by atoms with E-state index < -0.39 is 15.9 Å². The largest absolute Gasteiger partial charge is 0.298 e. The van der Waals surface area contributed by atoms with Crippen LogP contribution in [-0.4, -0.2) is 42.7 Å². The van der Waals surface area contributed by atoms with E-state index in [2.05, 4.69) is 15.3 Å². The number of nitrogens with one attached hydrogen (secondary N) is 1. The summed E-state index contributed by atoms with van der Waals surface area (Å²) in [6.45, 7) is 0. The Kier molecular flexibility index (Phi) is 5.56. The number of hydrogen-bond donors (Lipinski definition) is 1. The minimum absolute atomic E-state index is 0.0481. The van der Waals surface area contributed by atoms with Crippen molar-refractivity contribution in [2.45, 2.75) is 4.90 Å². The molecule has 0 aliphatic heterocycles. The molecule has 140 valence electrons. The van der Waals surface area contributed by atoms with Crippen molar-refractivity contribution in [1.29, 1.82) is 0 Å². The number of pyridine rings is 1. The van der Waals surface area contributed by atoms with Crippen LogP contribution in [0.25, 0.3) is 11.4 Å². The molecule has 0 radical (unpaired) electrons. The highest BCUT2D eigenvalue weighted by Crippen LogP contribution is 2.26. The Bertz CT molecular complexity index is 1080. The van der Waals surface area contributed by atoms with Gasteiger partial charge in [0.1, 0.15) is 10.6 Å². The van der Waals surface area contributed by atoms with Gasteiger partial charge in [0.15, 0.2) is 5.13 Å². The van der Waals surface area contributed by atoms with E-state index in [1.807, 2.05) is 12.1 Å². The van der Waals surface area contributed by atoms with E-state index in [1.165, 1.54) is 43.6 Å². The van der Waals surface area contributed by atoms with Crippen molar-refractivity contribution >= 4 is 44.0 Å². The standard InChI is InChI=1S/C17H15ClN4O3S2/c1-22(2)27(24,25)15-9-11(6-7-12(15)18)16(23)21-17-20-14(10-26-17)13-5-3-4-8-19-13/h3-10H,1-2H3,(H,20,21,23). The van der Waals surface area contributed by atoms with E-state index in [1.54, 1.807) is 17.6 Å². The van der Waals surface area contributed by atoms with Gasteiger partial charge in [-0.1, -0.05) is 17.7 Å². The number of halogens is 1. The maximum Gasteiger partial charge on any atom is 0.257 e. The molecule has 27 heavy (non-hydrogen) atoms. The number of carbonyl (C=O) groups is 1. The van der Waals surface area contributed by atoms with Crippen LogP contribution in [0.1, 0.15) is 10.4 Å². The zero-order valence-corrected chi connectivity index (χ0v) is 16.8. The first kappa shape index (κ1) is 19.4. The molecule has 1 aromatic carbocycles. The average molecular weight is 423 g/mol. The van der Waals surface area contributed by atoms with Crippen molar-refractivity contribution in [3.63, 3.8) is 0 Å². The van der Waals surface area contributed by atoms with Crippen molar-refractivity contribution in [2.75, 3.05) is 19.4 Å². The molecule has 0 saturated heterocycles. The van der Waals surface area contributed by atoms with Gasteiger partial charge in [0.05, 0.1) is 10.7 Å². The second-order valence-electron chi connectivity index (χ2n) is 5.64. The van der Waals surface area contributed by atoms with Crippen molar-refractivity contribution in [3.05, 3.63) is 58.6 Å². The Labute approximate surface area is 165 Å². The minimum atomic E-state index is -3.77. The summed E-state index contributed by atoms with van der Waals surface area (Å²) in [4.78, 5) is 20.9. The topological polar surface area (TPSA) is 92.3 Å². The molecule has 1 N–H and O–H groups in total. The molecule has 3 aromatic rings. The highest BCUT2D eigenvalue weighted by Gasteiger charge is 2.22. The van der Waals surface area contributed by atoms with Gasteiger partial charge in [-0.05, 0) is 30.3 Å². The number of thiazole rings is 1. The number of sulfonamides is 1. The predicted molar refractivity (Wildman–Crippen MR) is 106 cm³/mol. The molecular weight excluding hydrogens is 408 g/mol. The fourth-order valence-electron chi connectivity index (χ4n) is 2.17. The molecule has 0 aliphatic rings. The minimum Gasteiger partial charge on any atom is -0.298 e. The highest BCUT2D eigenvalue weighted by atomic mass is 35.5. The van der Waals surface area contributed by atoms with Gasteiger partial charge >= 0.3 is 0 Å². The summed E-state index contributed by atoms with van der Waals surface area (Å²) >= 11 is 7.26. The number of hydrogen-bond acceptors (Lipinski definition) is 6. The summed E-state index contributed by atoms with van der Waals surface area (Å²) in [5.74, 6) is -0.483. The van der Waals surface area contributed by atoms with E-state index in [9.17, 15) is 13.2 Å². The van der Waals surface area contributed by atoms with Crippen LogP contribution in [0, 0.1) is 0 Å². The quantitative estimate of drug-likeness (QED) is 0.680. The number of aromatic nitrogens is 2. The molecule has 0 spiro atoms. The van der Waals surface area contributed by atoms with Gasteiger partial charge in [-0.3, -0.25) is 15.1 Å². The Morgan fingerprint density at radius 2 is 1.96 bits per heavy atom. The van der Waals surface area contributed by atoms with E-state index in [4.69, 9.17) is 11.6 Å². The first-order chi connectivity index (χ1) is 12.8. The molecule has 0 bridgehead atoms. The lowest BCUT2D eigenvalue weighted by Gasteiger charge is -2.13. The van der Waals surface area contributed by atoms with Gasteiger partial charge in [-0.25, -0.2) is 17.7 Å². The number of benzene rings is 1. The van der Waals surface area contributed by atoms with Crippen LogP contribution >= 0.6 is 22.9 Å². The molecule has 0 fully saturated rings. The average Bonchev–Trinajstić information content (AvgIpc) is 3.11. The van der Waals surface area contributed by atoms with Crippen LogP contribution in [0.5, 0.6) is 0 Å². The number of anilines is 1. The predicted octanol–water partition coefficient (Wildman–Crippen LogP) is 3.36. The van der Waals surface area contributed by atoms with E-state index in [0.29, 0.717) is 16.5 Å². The molecule has 10 heteroatoms.